The highest BCUT2D eigenvalue weighted by Crippen LogP contribution is 2.24. The lowest BCUT2D eigenvalue weighted by molar-refractivity contribution is 0.548. The minimum absolute atomic E-state index is 0.584. The molecule has 0 aromatic heterocycles. The van der Waals surface area contributed by atoms with Crippen molar-refractivity contribution >= 4 is 0 Å². The zero-order valence-corrected chi connectivity index (χ0v) is 12.2. The van der Waals surface area contributed by atoms with E-state index >= 15 is 0 Å². The summed E-state index contributed by atoms with van der Waals surface area (Å²) in [5.41, 5.74) is 1.60. The van der Waals surface area contributed by atoms with Gasteiger partial charge in [0.2, 0.25) is 0 Å². The standard InChI is InChI=1S/C17H30/c1-7-10-16(6)13-17(11-14(4)8-2)12-15(5)9-3/h7-8,12,14-16H,1-2,9-11,13H2,3-6H3. The maximum absolute atomic E-state index is 3.89. The first-order chi connectivity index (χ1) is 8.03. The first-order valence-corrected chi connectivity index (χ1v) is 6.96. The normalized spacial score (nSPS) is 17.3. The Labute approximate surface area is 109 Å². The van der Waals surface area contributed by atoms with Gasteiger partial charge in [0, 0.05) is 0 Å². The van der Waals surface area contributed by atoms with Crippen molar-refractivity contribution in [2.75, 3.05) is 0 Å². The van der Waals surface area contributed by atoms with E-state index in [9.17, 15) is 0 Å². The van der Waals surface area contributed by atoms with Crippen LogP contribution >= 0.6 is 0 Å². The molecule has 0 radical (unpaired) electrons. The van der Waals surface area contributed by atoms with Crippen molar-refractivity contribution in [3.05, 3.63) is 37.0 Å². The zero-order chi connectivity index (χ0) is 13.3. The molecule has 0 saturated carbocycles. The van der Waals surface area contributed by atoms with Crippen LogP contribution in [0.1, 0.15) is 53.4 Å². The summed E-state index contributed by atoms with van der Waals surface area (Å²) in [6.07, 6.45) is 11.3. The second-order valence-electron chi connectivity index (χ2n) is 5.46. The number of rotatable bonds is 9. The highest BCUT2D eigenvalue weighted by atomic mass is 14.1. The van der Waals surface area contributed by atoms with E-state index in [1.165, 1.54) is 12.8 Å². The Hall–Kier alpha value is -0.780. The van der Waals surface area contributed by atoms with Crippen LogP contribution in [0.15, 0.2) is 37.0 Å². The Morgan fingerprint density at radius 3 is 2.18 bits per heavy atom. The Bertz CT molecular complexity index is 247. The van der Waals surface area contributed by atoms with Crippen LogP contribution in [0, 0.1) is 17.8 Å². The molecule has 0 rings (SSSR count). The summed E-state index contributed by atoms with van der Waals surface area (Å²) in [7, 11) is 0. The van der Waals surface area contributed by atoms with Crippen LogP contribution in [-0.4, -0.2) is 0 Å². The third-order valence-electron chi connectivity index (χ3n) is 3.33. The first-order valence-electron chi connectivity index (χ1n) is 6.96. The molecule has 0 aliphatic carbocycles. The summed E-state index contributed by atoms with van der Waals surface area (Å²) in [6.45, 7) is 16.8. The van der Waals surface area contributed by atoms with Crippen LogP contribution in [-0.2, 0) is 0 Å². The summed E-state index contributed by atoms with van der Waals surface area (Å²) in [4.78, 5) is 0. The van der Waals surface area contributed by atoms with Crippen LogP contribution < -0.4 is 0 Å². The van der Waals surface area contributed by atoms with Crippen molar-refractivity contribution in [3.8, 4) is 0 Å². The van der Waals surface area contributed by atoms with E-state index in [2.05, 4.69) is 53.0 Å². The summed E-state index contributed by atoms with van der Waals surface area (Å²) < 4.78 is 0. The Kier molecular flexibility index (Phi) is 8.85. The molecule has 0 nitrogen and oxygen atoms in total. The fourth-order valence-corrected chi connectivity index (χ4v) is 2.05. The van der Waals surface area contributed by atoms with Gasteiger partial charge in [-0.15, -0.1) is 13.2 Å². The third-order valence-corrected chi connectivity index (χ3v) is 3.33. The first kappa shape index (κ1) is 16.2. The molecule has 0 aliphatic heterocycles. The summed E-state index contributed by atoms with van der Waals surface area (Å²) in [5.74, 6) is 1.99. The van der Waals surface area contributed by atoms with Gasteiger partial charge in [-0.1, -0.05) is 57.9 Å². The van der Waals surface area contributed by atoms with Crippen molar-refractivity contribution in [2.45, 2.75) is 53.4 Å². The van der Waals surface area contributed by atoms with E-state index in [1.807, 2.05) is 6.08 Å². The number of allylic oxidation sites excluding steroid dienone is 4. The van der Waals surface area contributed by atoms with Gasteiger partial charge in [0.05, 0.1) is 0 Å². The maximum Gasteiger partial charge on any atom is -0.0227 e. The van der Waals surface area contributed by atoms with Crippen LogP contribution in [0.3, 0.4) is 0 Å². The molecular weight excluding hydrogens is 204 g/mol. The van der Waals surface area contributed by atoms with E-state index in [-0.39, 0.29) is 0 Å². The topological polar surface area (TPSA) is 0 Å². The molecule has 3 atom stereocenters. The minimum atomic E-state index is 0.584. The molecule has 0 fully saturated rings. The van der Waals surface area contributed by atoms with Gasteiger partial charge in [-0.05, 0) is 37.0 Å². The largest absolute Gasteiger partial charge is 0.103 e. The summed E-state index contributed by atoms with van der Waals surface area (Å²) >= 11 is 0. The van der Waals surface area contributed by atoms with Gasteiger partial charge >= 0.3 is 0 Å². The van der Waals surface area contributed by atoms with Crippen LogP contribution in [0.25, 0.3) is 0 Å². The molecule has 17 heavy (non-hydrogen) atoms. The van der Waals surface area contributed by atoms with Gasteiger partial charge < -0.3 is 0 Å². The third kappa shape index (κ3) is 8.01. The van der Waals surface area contributed by atoms with Crippen molar-refractivity contribution in [1.82, 2.24) is 0 Å². The highest BCUT2D eigenvalue weighted by molar-refractivity contribution is 5.07. The predicted octanol–water partition coefficient (Wildman–Crippen LogP) is 5.77. The molecule has 0 aromatic rings. The van der Waals surface area contributed by atoms with E-state index < -0.39 is 0 Å². The second kappa shape index (κ2) is 9.27. The molecular formula is C17H30. The SMILES string of the molecule is C=CCC(C)CC(=CC(C)CC)CC(C)C=C. The van der Waals surface area contributed by atoms with Crippen LogP contribution in [0.4, 0.5) is 0 Å². The Morgan fingerprint density at radius 2 is 1.71 bits per heavy atom. The van der Waals surface area contributed by atoms with E-state index in [0.29, 0.717) is 17.8 Å². The molecule has 0 bridgehead atoms. The molecule has 0 saturated heterocycles. The van der Waals surface area contributed by atoms with Gasteiger partial charge in [-0.3, -0.25) is 0 Å². The van der Waals surface area contributed by atoms with Crippen molar-refractivity contribution in [2.24, 2.45) is 17.8 Å². The molecule has 0 aromatic carbocycles. The lowest BCUT2D eigenvalue weighted by atomic mass is 9.89. The van der Waals surface area contributed by atoms with Crippen molar-refractivity contribution in [1.29, 1.82) is 0 Å². The quantitative estimate of drug-likeness (QED) is 0.444. The average Bonchev–Trinajstić information content (AvgIpc) is 2.28. The Balaban J connectivity index is 4.54. The van der Waals surface area contributed by atoms with E-state index in [0.717, 1.165) is 12.8 Å². The minimum Gasteiger partial charge on any atom is -0.103 e. The molecule has 0 aliphatic rings. The molecule has 0 amide bonds. The van der Waals surface area contributed by atoms with E-state index in [4.69, 9.17) is 0 Å². The van der Waals surface area contributed by atoms with Gasteiger partial charge in [-0.25, -0.2) is 0 Å². The Morgan fingerprint density at radius 1 is 1.06 bits per heavy atom. The van der Waals surface area contributed by atoms with Gasteiger partial charge in [0.15, 0.2) is 0 Å². The summed E-state index contributed by atoms with van der Waals surface area (Å²) in [5, 5.41) is 0. The molecule has 3 unspecified atom stereocenters. The number of hydrogen-bond acceptors (Lipinski definition) is 0. The second-order valence-corrected chi connectivity index (χ2v) is 5.46. The van der Waals surface area contributed by atoms with Crippen LogP contribution in [0.2, 0.25) is 0 Å². The number of hydrogen-bond donors (Lipinski definition) is 0. The van der Waals surface area contributed by atoms with Crippen molar-refractivity contribution < 1.29 is 0 Å². The smallest absolute Gasteiger partial charge is 0.0227 e. The maximum atomic E-state index is 3.89. The fraction of sp³-hybridized carbons (Fsp3) is 0.647. The molecule has 0 heteroatoms. The lowest BCUT2D eigenvalue weighted by Gasteiger charge is -2.17. The highest BCUT2D eigenvalue weighted by Gasteiger charge is 2.08. The molecule has 0 heterocycles. The van der Waals surface area contributed by atoms with Gasteiger partial charge in [0.1, 0.15) is 0 Å². The predicted molar refractivity (Wildman–Crippen MR) is 80.1 cm³/mol. The monoisotopic (exact) mass is 234 g/mol. The van der Waals surface area contributed by atoms with E-state index in [1.54, 1.807) is 5.57 Å². The molecule has 98 valence electrons. The average molecular weight is 234 g/mol. The molecule has 0 spiro atoms. The van der Waals surface area contributed by atoms with Gasteiger partial charge in [0.25, 0.3) is 0 Å². The van der Waals surface area contributed by atoms with Gasteiger partial charge in [-0.2, -0.15) is 0 Å². The van der Waals surface area contributed by atoms with Crippen LogP contribution in [0.5, 0.6) is 0 Å². The van der Waals surface area contributed by atoms with Crippen molar-refractivity contribution in [3.63, 3.8) is 0 Å². The zero-order valence-electron chi connectivity index (χ0n) is 12.2. The summed E-state index contributed by atoms with van der Waals surface area (Å²) in [6, 6.07) is 0. The fourth-order valence-electron chi connectivity index (χ4n) is 2.05. The lowest BCUT2D eigenvalue weighted by Crippen LogP contribution is -2.02. The molecule has 0 N–H and O–H groups in total.